The zero-order valence-electron chi connectivity index (χ0n) is 18.3. The monoisotopic (exact) mass is 438 g/mol. The minimum atomic E-state index is -0.730. The molecule has 0 radical (unpaired) electrons. The van der Waals surface area contributed by atoms with Crippen LogP contribution in [0.2, 0.25) is 0 Å². The Kier molecular flexibility index (Phi) is 5.07. The number of aromatic nitrogens is 5. The Morgan fingerprint density at radius 3 is 2.52 bits per heavy atom. The summed E-state index contributed by atoms with van der Waals surface area (Å²) in [6, 6.07) is 14.0. The van der Waals surface area contributed by atoms with Crippen molar-refractivity contribution in [3.05, 3.63) is 60.0 Å². The fourth-order valence-corrected chi connectivity index (χ4v) is 3.54. The highest BCUT2D eigenvalue weighted by atomic mass is 16.4. The van der Waals surface area contributed by atoms with Crippen LogP contribution < -0.4 is 11.1 Å². The van der Waals surface area contributed by atoms with Crippen LogP contribution in [0.5, 0.6) is 0 Å². The lowest BCUT2D eigenvalue weighted by Crippen LogP contribution is -2.39. The summed E-state index contributed by atoms with van der Waals surface area (Å²) in [7, 11) is 0. The number of pyridine rings is 1. The van der Waals surface area contributed by atoms with E-state index in [4.69, 9.17) is 10.2 Å². The maximum atomic E-state index is 9.43. The zero-order valence-corrected chi connectivity index (χ0v) is 18.3. The molecular formula is C24H22N8O. The molecule has 0 spiro atoms. The van der Waals surface area contributed by atoms with Crippen LogP contribution in [0, 0.1) is 11.3 Å². The molecule has 164 valence electrons. The molecule has 0 bridgehead atoms. The van der Waals surface area contributed by atoms with E-state index in [0.29, 0.717) is 28.9 Å². The van der Waals surface area contributed by atoms with Gasteiger partial charge in [0, 0.05) is 36.3 Å². The van der Waals surface area contributed by atoms with Gasteiger partial charge in [0.1, 0.15) is 0 Å². The standard InChI is InChI=1S/C24H22N8O/c1-24(2,13-25)19-9-16(7-8-28-19)18-12-29-21(26)20(30-18)23-32-31-22(33-23)15-5-3-14(4-6-15)17-10-27-11-17/h3-9,12,17,27H,10-11H2,1-2H3,(H2,26,29). The minimum Gasteiger partial charge on any atom is -0.414 e. The second-order valence-corrected chi connectivity index (χ2v) is 8.55. The molecule has 0 atom stereocenters. The zero-order chi connectivity index (χ0) is 23.0. The van der Waals surface area contributed by atoms with Crippen LogP contribution in [0.4, 0.5) is 5.82 Å². The SMILES string of the molecule is CC(C)(C#N)c1cc(-c2cnc(N)c(-c3nnc(-c4ccc(C5CNC5)cc4)o3)n2)ccn1. The van der Waals surface area contributed by atoms with E-state index in [1.54, 1.807) is 18.5 Å². The number of nitrogens with one attached hydrogen (secondary N) is 1. The Morgan fingerprint density at radius 2 is 1.82 bits per heavy atom. The maximum Gasteiger partial charge on any atom is 0.270 e. The Balaban J connectivity index is 1.45. The van der Waals surface area contributed by atoms with Gasteiger partial charge in [0.05, 0.1) is 29.1 Å². The first-order valence-electron chi connectivity index (χ1n) is 10.6. The van der Waals surface area contributed by atoms with Crippen LogP contribution in [0.1, 0.15) is 31.0 Å². The molecule has 3 aromatic heterocycles. The first kappa shape index (κ1) is 20.7. The van der Waals surface area contributed by atoms with E-state index >= 15 is 0 Å². The molecular weight excluding hydrogens is 416 g/mol. The van der Waals surface area contributed by atoms with Crippen LogP contribution in [-0.4, -0.2) is 38.2 Å². The van der Waals surface area contributed by atoms with E-state index in [1.165, 1.54) is 5.56 Å². The summed E-state index contributed by atoms with van der Waals surface area (Å²) in [5.41, 5.74) is 9.74. The Hall–Kier alpha value is -4.16. The summed E-state index contributed by atoms with van der Waals surface area (Å²) in [6.45, 7) is 5.64. The maximum absolute atomic E-state index is 9.43. The summed E-state index contributed by atoms with van der Waals surface area (Å²) in [4.78, 5) is 13.2. The molecule has 1 aromatic carbocycles. The third-order valence-corrected chi connectivity index (χ3v) is 5.81. The Labute approximate surface area is 190 Å². The highest BCUT2D eigenvalue weighted by Gasteiger charge is 2.23. The third-order valence-electron chi connectivity index (χ3n) is 5.81. The largest absolute Gasteiger partial charge is 0.414 e. The predicted octanol–water partition coefficient (Wildman–Crippen LogP) is 3.33. The van der Waals surface area contributed by atoms with E-state index in [1.807, 2.05) is 32.0 Å². The highest BCUT2D eigenvalue weighted by Crippen LogP contribution is 2.30. The molecule has 0 unspecified atom stereocenters. The van der Waals surface area contributed by atoms with Crippen molar-refractivity contribution in [1.29, 1.82) is 5.26 Å². The van der Waals surface area contributed by atoms with Crippen LogP contribution in [0.25, 0.3) is 34.3 Å². The number of nitriles is 1. The van der Waals surface area contributed by atoms with Gasteiger partial charge < -0.3 is 15.5 Å². The first-order valence-corrected chi connectivity index (χ1v) is 10.6. The number of hydrogen-bond acceptors (Lipinski definition) is 9. The van der Waals surface area contributed by atoms with Gasteiger partial charge in [-0.2, -0.15) is 5.26 Å². The second-order valence-electron chi connectivity index (χ2n) is 8.55. The van der Waals surface area contributed by atoms with Gasteiger partial charge in [0.25, 0.3) is 5.89 Å². The molecule has 1 aliphatic heterocycles. The van der Waals surface area contributed by atoms with E-state index < -0.39 is 5.41 Å². The lowest BCUT2D eigenvalue weighted by Gasteiger charge is -2.27. The average Bonchev–Trinajstić information content (AvgIpc) is 3.29. The van der Waals surface area contributed by atoms with Gasteiger partial charge >= 0.3 is 0 Å². The topological polar surface area (TPSA) is 139 Å². The van der Waals surface area contributed by atoms with Crippen LogP contribution >= 0.6 is 0 Å². The number of rotatable bonds is 5. The van der Waals surface area contributed by atoms with Crippen molar-refractivity contribution in [3.8, 4) is 40.4 Å². The molecule has 5 rings (SSSR count). The summed E-state index contributed by atoms with van der Waals surface area (Å²) < 4.78 is 5.89. The second kappa shape index (κ2) is 8.07. The molecule has 1 saturated heterocycles. The molecule has 4 aromatic rings. The van der Waals surface area contributed by atoms with Gasteiger partial charge in [-0.05, 0) is 43.7 Å². The molecule has 0 saturated carbocycles. The molecule has 9 heteroatoms. The number of nitrogen functional groups attached to an aromatic ring is 1. The number of nitrogens with zero attached hydrogens (tertiary/aromatic N) is 6. The average molecular weight is 438 g/mol. The lowest BCUT2D eigenvalue weighted by atomic mass is 9.90. The van der Waals surface area contributed by atoms with E-state index in [2.05, 4.69) is 48.7 Å². The first-order chi connectivity index (χ1) is 15.9. The van der Waals surface area contributed by atoms with Crippen molar-refractivity contribution in [3.63, 3.8) is 0 Å². The summed E-state index contributed by atoms with van der Waals surface area (Å²) >= 11 is 0. The molecule has 0 aliphatic carbocycles. The molecule has 0 amide bonds. The molecule has 3 N–H and O–H groups in total. The Morgan fingerprint density at radius 1 is 1.06 bits per heavy atom. The number of anilines is 1. The molecule has 1 fully saturated rings. The fourth-order valence-electron chi connectivity index (χ4n) is 3.54. The van der Waals surface area contributed by atoms with Crippen molar-refractivity contribution in [2.24, 2.45) is 0 Å². The van der Waals surface area contributed by atoms with Gasteiger partial charge in [-0.15, -0.1) is 10.2 Å². The molecule has 1 aliphatic rings. The van der Waals surface area contributed by atoms with E-state index in [-0.39, 0.29) is 11.7 Å². The Bertz CT molecular complexity index is 1350. The van der Waals surface area contributed by atoms with Crippen molar-refractivity contribution in [2.45, 2.75) is 25.2 Å². The predicted molar refractivity (Wildman–Crippen MR) is 123 cm³/mol. The molecule has 9 nitrogen and oxygen atoms in total. The van der Waals surface area contributed by atoms with Gasteiger partial charge in [-0.3, -0.25) is 4.98 Å². The number of hydrogen-bond donors (Lipinski definition) is 2. The quantitative estimate of drug-likeness (QED) is 0.480. The van der Waals surface area contributed by atoms with Gasteiger partial charge in [0.2, 0.25) is 5.89 Å². The number of benzene rings is 1. The van der Waals surface area contributed by atoms with Gasteiger partial charge in [-0.25, -0.2) is 9.97 Å². The summed E-state index contributed by atoms with van der Waals surface area (Å²) in [5.74, 6) is 1.32. The summed E-state index contributed by atoms with van der Waals surface area (Å²) in [5, 5.41) is 21.0. The van der Waals surface area contributed by atoms with Crippen molar-refractivity contribution in [1.82, 2.24) is 30.5 Å². The van der Waals surface area contributed by atoms with Crippen molar-refractivity contribution in [2.75, 3.05) is 18.8 Å². The van der Waals surface area contributed by atoms with E-state index in [9.17, 15) is 5.26 Å². The molecule has 33 heavy (non-hydrogen) atoms. The minimum absolute atomic E-state index is 0.188. The summed E-state index contributed by atoms with van der Waals surface area (Å²) in [6.07, 6.45) is 3.22. The smallest absolute Gasteiger partial charge is 0.270 e. The van der Waals surface area contributed by atoms with E-state index in [0.717, 1.165) is 24.2 Å². The van der Waals surface area contributed by atoms with Crippen LogP contribution in [0.15, 0.2) is 53.2 Å². The third kappa shape index (κ3) is 3.92. The van der Waals surface area contributed by atoms with Gasteiger partial charge in [-0.1, -0.05) is 12.1 Å². The number of nitrogens with two attached hydrogens (primary N) is 1. The van der Waals surface area contributed by atoms with Crippen LogP contribution in [0.3, 0.4) is 0 Å². The van der Waals surface area contributed by atoms with Crippen molar-refractivity contribution >= 4 is 5.82 Å². The highest BCUT2D eigenvalue weighted by molar-refractivity contribution is 5.69. The van der Waals surface area contributed by atoms with Gasteiger partial charge in [0.15, 0.2) is 11.5 Å². The fraction of sp³-hybridized carbons (Fsp3) is 0.250. The van der Waals surface area contributed by atoms with Crippen molar-refractivity contribution < 1.29 is 4.42 Å². The van der Waals surface area contributed by atoms with Crippen LogP contribution in [-0.2, 0) is 5.41 Å². The lowest BCUT2D eigenvalue weighted by molar-refractivity contribution is 0.448. The normalized spacial score (nSPS) is 14.0. The molecule has 4 heterocycles.